The van der Waals surface area contributed by atoms with Crippen LogP contribution in [-0.4, -0.2) is 38.6 Å². The van der Waals surface area contributed by atoms with Crippen LogP contribution in [0.4, 0.5) is 13.2 Å². The second kappa shape index (κ2) is 7.85. The Morgan fingerprint density at radius 1 is 1.10 bits per heavy atom. The summed E-state index contributed by atoms with van der Waals surface area (Å²) in [5.74, 6) is -2.46. The third kappa shape index (κ3) is 4.40. The first-order valence-corrected chi connectivity index (χ1v) is 8.41. The first kappa shape index (κ1) is 20.8. The molecular formula is C19H14F3N3O5. The van der Waals surface area contributed by atoms with Gasteiger partial charge in [0.2, 0.25) is 5.88 Å². The summed E-state index contributed by atoms with van der Waals surface area (Å²) in [7, 11) is 0. The molecule has 11 heteroatoms. The number of rotatable bonds is 5. The molecule has 0 aliphatic rings. The number of ether oxygens (including phenoxy) is 1. The number of halogens is 3. The van der Waals surface area contributed by atoms with Crippen LogP contribution in [0.1, 0.15) is 21.7 Å². The van der Waals surface area contributed by atoms with E-state index in [1.54, 1.807) is 0 Å². The van der Waals surface area contributed by atoms with Crippen molar-refractivity contribution >= 4 is 22.8 Å². The fraction of sp³-hybridized carbons (Fsp3) is 0.158. The van der Waals surface area contributed by atoms with Crippen LogP contribution in [0.3, 0.4) is 0 Å². The summed E-state index contributed by atoms with van der Waals surface area (Å²) in [5.41, 5.74) is -0.729. The second-order valence-corrected chi connectivity index (χ2v) is 6.14. The molecule has 0 spiro atoms. The van der Waals surface area contributed by atoms with Crippen LogP contribution in [0.5, 0.6) is 17.4 Å². The third-order valence-corrected chi connectivity index (χ3v) is 3.99. The maximum absolute atomic E-state index is 12.6. The van der Waals surface area contributed by atoms with Crippen LogP contribution in [-0.2, 0) is 11.0 Å². The molecule has 2 heterocycles. The van der Waals surface area contributed by atoms with Gasteiger partial charge in [0.25, 0.3) is 5.91 Å². The summed E-state index contributed by atoms with van der Waals surface area (Å²) >= 11 is 0. The molecule has 0 unspecified atom stereocenters. The Kier molecular flexibility index (Phi) is 5.45. The Labute approximate surface area is 167 Å². The Balaban J connectivity index is 1.89. The predicted molar refractivity (Wildman–Crippen MR) is 97.4 cm³/mol. The summed E-state index contributed by atoms with van der Waals surface area (Å²) in [6.45, 7) is 0.875. The molecule has 1 aromatic carbocycles. The Hall–Kier alpha value is -3.89. The number of hydrogen-bond acceptors (Lipinski definition) is 6. The van der Waals surface area contributed by atoms with E-state index in [1.165, 1.54) is 19.1 Å². The van der Waals surface area contributed by atoms with E-state index in [0.717, 1.165) is 24.3 Å². The van der Waals surface area contributed by atoms with E-state index in [4.69, 9.17) is 9.84 Å². The van der Waals surface area contributed by atoms with Gasteiger partial charge in [-0.2, -0.15) is 13.2 Å². The number of carboxylic acids is 1. The number of aliphatic carboxylic acids is 1. The lowest BCUT2D eigenvalue weighted by Crippen LogP contribution is -2.30. The number of fused-ring (bicyclic) bond motifs is 1. The first-order chi connectivity index (χ1) is 14.1. The largest absolute Gasteiger partial charge is 0.505 e. The maximum Gasteiger partial charge on any atom is 0.416 e. The number of nitrogens with zero attached hydrogens (tertiary/aromatic N) is 2. The zero-order valence-electron chi connectivity index (χ0n) is 15.3. The molecule has 0 radical (unpaired) electrons. The third-order valence-electron chi connectivity index (χ3n) is 3.99. The highest BCUT2D eigenvalue weighted by atomic mass is 19.4. The zero-order valence-corrected chi connectivity index (χ0v) is 15.3. The molecule has 0 saturated heterocycles. The number of amides is 1. The number of aromatic nitrogens is 2. The molecule has 1 amide bonds. The van der Waals surface area contributed by atoms with Crippen LogP contribution in [0.15, 0.2) is 36.4 Å². The molecule has 2 aromatic heterocycles. The number of aryl methyl sites for hydroxylation is 1. The molecule has 156 valence electrons. The summed E-state index contributed by atoms with van der Waals surface area (Å²) in [6, 6.07) is 6.80. The van der Waals surface area contributed by atoms with Crippen molar-refractivity contribution in [3.05, 3.63) is 53.3 Å². The van der Waals surface area contributed by atoms with Crippen LogP contribution < -0.4 is 10.1 Å². The monoisotopic (exact) mass is 421 g/mol. The Morgan fingerprint density at radius 2 is 1.77 bits per heavy atom. The lowest BCUT2D eigenvalue weighted by molar-refractivity contribution is -0.138. The molecule has 8 nitrogen and oxygen atoms in total. The minimum absolute atomic E-state index is 0.0367. The number of benzene rings is 1. The zero-order chi connectivity index (χ0) is 22.1. The van der Waals surface area contributed by atoms with Gasteiger partial charge in [0.05, 0.1) is 16.8 Å². The van der Waals surface area contributed by atoms with Gasteiger partial charge in [-0.3, -0.25) is 9.59 Å². The molecule has 3 aromatic rings. The van der Waals surface area contributed by atoms with Gasteiger partial charge in [-0.25, -0.2) is 9.97 Å². The molecule has 0 bridgehead atoms. The SMILES string of the molecule is Cc1nc(C(=O)NCC(=O)O)c(O)c2ccc(Oc3ccc(C(F)(F)F)cc3)nc12. The van der Waals surface area contributed by atoms with Crippen molar-refractivity contribution in [3.63, 3.8) is 0 Å². The molecule has 0 saturated carbocycles. The number of aromatic hydroxyl groups is 1. The molecule has 0 aliphatic heterocycles. The van der Waals surface area contributed by atoms with Crippen molar-refractivity contribution in [2.45, 2.75) is 13.1 Å². The van der Waals surface area contributed by atoms with Crippen molar-refractivity contribution in [3.8, 4) is 17.4 Å². The quantitative estimate of drug-likeness (QED) is 0.578. The molecule has 3 N–H and O–H groups in total. The molecule has 30 heavy (non-hydrogen) atoms. The van der Waals surface area contributed by atoms with Crippen molar-refractivity contribution < 1.29 is 37.7 Å². The van der Waals surface area contributed by atoms with E-state index >= 15 is 0 Å². The topological polar surface area (TPSA) is 122 Å². The smallest absolute Gasteiger partial charge is 0.416 e. The highest BCUT2D eigenvalue weighted by Crippen LogP contribution is 2.33. The van der Waals surface area contributed by atoms with Gasteiger partial charge in [-0.05, 0) is 37.3 Å². The van der Waals surface area contributed by atoms with Gasteiger partial charge >= 0.3 is 12.1 Å². The number of alkyl halides is 3. The van der Waals surface area contributed by atoms with E-state index in [0.29, 0.717) is 0 Å². The first-order valence-electron chi connectivity index (χ1n) is 8.41. The second-order valence-electron chi connectivity index (χ2n) is 6.14. The molecular weight excluding hydrogens is 407 g/mol. The number of carbonyl (C=O) groups is 2. The van der Waals surface area contributed by atoms with Crippen molar-refractivity contribution in [2.24, 2.45) is 0 Å². The van der Waals surface area contributed by atoms with E-state index in [1.807, 2.05) is 0 Å². The average Bonchev–Trinajstić information content (AvgIpc) is 2.68. The van der Waals surface area contributed by atoms with E-state index < -0.39 is 35.9 Å². The maximum atomic E-state index is 12.6. The molecule has 3 rings (SSSR count). The minimum atomic E-state index is -4.46. The van der Waals surface area contributed by atoms with Crippen molar-refractivity contribution in [1.29, 1.82) is 0 Å². The lowest BCUT2D eigenvalue weighted by Gasteiger charge is -2.11. The highest BCUT2D eigenvalue weighted by molar-refractivity contribution is 6.02. The van der Waals surface area contributed by atoms with Crippen molar-refractivity contribution in [1.82, 2.24) is 15.3 Å². The van der Waals surface area contributed by atoms with Gasteiger partial charge in [0.15, 0.2) is 11.4 Å². The van der Waals surface area contributed by atoms with Crippen LogP contribution in [0.25, 0.3) is 10.9 Å². The number of pyridine rings is 2. The lowest BCUT2D eigenvalue weighted by atomic mass is 10.1. The predicted octanol–water partition coefficient (Wildman–Crippen LogP) is 3.27. The molecule has 0 atom stereocenters. The number of hydrogen-bond donors (Lipinski definition) is 3. The summed E-state index contributed by atoms with van der Waals surface area (Å²) in [4.78, 5) is 30.8. The van der Waals surface area contributed by atoms with Gasteiger partial charge in [0.1, 0.15) is 12.3 Å². The van der Waals surface area contributed by atoms with Gasteiger partial charge in [0, 0.05) is 11.5 Å². The van der Waals surface area contributed by atoms with Crippen molar-refractivity contribution in [2.75, 3.05) is 6.54 Å². The highest BCUT2D eigenvalue weighted by Gasteiger charge is 2.30. The Bertz CT molecular complexity index is 1130. The minimum Gasteiger partial charge on any atom is -0.505 e. The number of nitrogens with one attached hydrogen (secondary N) is 1. The van der Waals surface area contributed by atoms with Crippen LogP contribution in [0, 0.1) is 6.92 Å². The summed E-state index contributed by atoms with van der Waals surface area (Å²) in [6.07, 6.45) is -4.46. The summed E-state index contributed by atoms with van der Waals surface area (Å²) in [5, 5.41) is 21.2. The van der Waals surface area contributed by atoms with Crippen LogP contribution >= 0.6 is 0 Å². The molecule has 0 fully saturated rings. The molecule has 0 aliphatic carbocycles. The van der Waals surface area contributed by atoms with Gasteiger partial charge in [-0.1, -0.05) is 0 Å². The van der Waals surface area contributed by atoms with Gasteiger partial charge < -0.3 is 20.3 Å². The Morgan fingerprint density at radius 3 is 2.37 bits per heavy atom. The normalized spacial score (nSPS) is 11.3. The van der Waals surface area contributed by atoms with E-state index in [9.17, 15) is 27.9 Å². The number of carbonyl (C=O) groups excluding carboxylic acids is 1. The standard InChI is InChI=1S/C19H14F3N3O5/c1-9-15-12(17(28)16(24-9)18(29)23-8-14(26)27)6-7-13(25-15)30-11-4-2-10(3-5-11)19(20,21)22/h2-7,28H,8H2,1H3,(H,23,29)(H,26,27). The fourth-order valence-electron chi connectivity index (χ4n) is 2.60. The number of carboxylic acid groups (broad SMARTS) is 1. The van der Waals surface area contributed by atoms with E-state index in [-0.39, 0.29) is 33.9 Å². The van der Waals surface area contributed by atoms with Crippen LogP contribution in [0.2, 0.25) is 0 Å². The van der Waals surface area contributed by atoms with Gasteiger partial charge in [-0.15, -0.1) is 0 Å². The van der Waals surface area contributed by atoms with E-state index in [2.05, 4.69) is 15.3 Å². The fourth-order valence-corrected chi connectivity index (χ4v) is 2.60. The summed E-state index contributed by atoms with van der Waals surface area (Å²) < 4.78 is 43.4. The average molecular weight is 421 g/mol.